The molecule has 4 aliphatic heterocycles. The fraction of sp³-hybridized carbons (Fsp3) is 0.133. The van der Waals surface area contributed by atoms with Crippen LogP contribution >= 0.6 is 22.7 Å². The van der Waals surface area contributed by atoms with Gasteiger partial charge in [-0.25, -0.2) is 0 Å². The Morgan fingerprint density at radius 1 is 0.500 bits per heavy atom. The van der Waals surface area contributed by atoms with E-state index in [1.165, 1.54) is 73.4 Å². The number of benzene rings is 4. The van der Waals surface area contributed by atoms with E-state index in [9.17, 15) is 0 Å². The Kier molecular flexibility index (Phi) is 2.88. The molecule has 0 aliphatic carbocycles. The van der Waals surface area contributed by atoms with Crippen molar-refractivity contribution in [3.63, 3.8) is 0 Å². The van der Waals surface area contributed by atoms with Crippen LogP contribution in [0.2, 0.25) is 0 Å². The van der Waals surface area contributed by atoms with Gasteiger partial charge in [0.15, 0.2) is 0 Å². The topological polar surface area (TPSA) is 18.5 Å². The molecule has 34 heavy (non-hydrogen) atoms. The summed E-state index contributed by atoms with van der Waals surface area (Å²) in [7, 11) is 0. The molecule has 4 heteroatoms. The highest BCUT2D eigenvalue weighted by Gasteiger charge is 2.45. The van der Waals surface area contributed by atoms with Gasteiger partial charge < -0.3 is 9.47 Å². The lowest BCUT2D eigenvalue weighted by molar-refractivity contribution is 0.0801. The molecule has 160 valence electrons. The highest BCUT2D eigenvalue weighted by atomic mass is 32.1. The van der Waals surface area contributed by atoms with E-state index in [1.807, 2.05) is 22.7 Å². The van der Waals surface area contributed by atoms with Gasteiger partial charge in [0.2, 0.25) is 0 Å². The van der Waals surface area contributed by atoms with E-state index in [-0.39, 0.29) is 24.4 Å². The summed E-state index contributed by atoms with van der Waals surface area (Å²) in [5.74, 6) is 0. The van der Waals surface area contributed by atoms with Crippen LogP contribution < -0.4 is 0 Å². The lowest BCUT2D eigenvalue weighted by atomic mass is 9.80. The lowest BCUT2D eigenvalue weighted by Gasteiger charge is -2.20. The third-order valence-corrected chi connectivity index (χ3v) is 10.7. The van der Waals surface area contributed by atoms with Crippen molar-refractivity contribution in [2.75, 3.05) is 0 Å². The van der Waals surface area contributed by atoms with Crippen molar-refractivity contribution >= 4 is 73.8 Å². The molecule has 0 radical (unpaired) electrons. The summed E-state index contributed by atoms with van der Waals surface area (Å²) in [6.07, 6.45) is 9.22. The average Bonchev–Trinajstić information content (AvgIpc) is 3.69. The normalized spacial score (nSPS) is 25.8. The Morgan fingerprint density at radius 2 is 1.00 bits per heavy atom. The van der Waals surface area contributed by atoms with Gasteiger partial charge in [-0.1, -0.05) is 48.6 Å². The third kappa shape index (κ3) is 1.88. The molecule has 0 amide bonds. The van der Waals surface area contributed by atoms with Gasteiger partial charge in [0.1, 0.15) is 24.4 Å². The molecule has 2 nitrogen and oxygen atoms in total. The highest BCUT2D eigenvalue weighted by molar-refractivity contribution is 7.36. The van der Waals surface area contributed by atoms with Crippen LogP contribution in [0.5, 0.6) is 0 Å². The summed E-state index contributed by atoms with van der Waals surface area (Å²) < 4.78 is 18.3. The predicted octanol–water partition coefficient (Wildman–Crippen LogP) is 8.94. The SMILES string of the molecule is C1=CC2OC1c1c3c(c4cc5c(cc4c12)sc1c2cc4ccccc4cc2sc51)C1C=CC3O1. The molecule has 4 unspecified atom stereocenters. The molecular formula is C30H16O2S2. The second-order valence-corrected chi connectivity index (χ2v) is 11.9. The fourth-order valence-electron chi connectivity index (χ4n) is 6.80. The molecule has 0 N–H and O–H groups in total. The van der Waals surface area contributed by atoms with E-state index in [1.54, 1.807) is 0 Å². The summed E-state index contributed by atoms with van der Waals surface area (Å²) >= 11 is 3.88. The van der Waals surface area contributed by atoms with Crippen LogP contribution in [0.4, 0.5) is 0 Å². The monoisotopic (exact) mass is 472 g/mol. The van der Waals surface area contributed by atoms with Gasteiger partial charge in [-0.3, -0.25) is 0 Å². The second-order valence-electron chi connectivity index (χ2n) is 9.83. The van der Waals surface area contributed by atoms with E-state index in [4.69, 9.17) is 9.47 Å². The van der Waals surface area contributed by atoms with Crippen LogP contribution in [-0.2, 0) is 9.47 Å². The Hall–Kier alpha value is -3.02. The molecule has 4 bridgehead atoms. The standard InChI is InChI=1S/C30H16O2S2/c1-2-4-14-10-23-17(9-13(14)3-1)29-30(33-23)18-11-15-16(12-24(18)34-29)26-20-6-8-22(32-20)28(26)27-21-7-5-19(31-21)25(15)27/h1-12,19-22H. The van der Waals surface area contributed by atoms with Crippen molar-refractivity contribution in [1.82, 2.24) is 0 Å². The Balaban J connectivity index is 1.37. The number of hydrogen-bond donors (Lipinski definition) is 0. The summed E-state index contributed by atoms with van der Waals surface area (Å²) in [6.45, 7) is 0. The van der Waals surface area contributed by atoms with Crippen LogP contribution in [-0.4, -0.2) is 0 Å². The van der Waals surface area contributed by atoms with Crippen molar-refractivity contribution in [2.45, 2.75) is 24.4 Å². The number of rotatable bonds is 0. The molecule has 0 spiro atoms. The van der Waals surface area contributed by atoms with E-state index >= 15 is 0 Å². The molecule has 0 saturated carbocycles. The molecule has 0 fully saturated rings. The number of hydrogen-bond acceptors (Lipinski definition) is 4. The predicted molar refractivity (Wildman–Crippen MR) is 141 cm³/mol. The summed E-state index contributed by atoms with van der Waals surface area (Å²) in [5, 5.41) is 8.10. The minimum absolute atomic E-state index is 0.0650. The zero-order valence-electron chi connectivity index (χ0n) is 17.9. The van der Waals surface area contributed by atoms with E-state index < -0.39 is 0 Å². The van der Waals surface area contributed by atoms with Gasteiger partial charge in [-0.15, -0.1) is 22.7 Å². The first kappa shape index (κ1) is 17.4. The Morgan fingerprint density at radius 3 is 1.65 bits per heavy atom. The molecule has 4 aromatic carbocycles. The van der Waals surface area contributed by atoms with Crippen LogP contribution in [0.1, 0.15) is 46.7 Å². The molecular weight excluding hydrogens is 456 g/mol. The number of fused-ring (bicyclic) bond motifs is 20. The largest absolute Gasteiger partial charge is 0.357 e. The number of ether oxygens (including phenoxy) is 2. The molecule has 0 saturated heterocycles. The van der Waals surface area contributed by atoms with E-state index in [2.05, 4.69) is 72.8 Å². The first-order valence-corrected chi connectivity index (χ1v) is 13.4. The maximum absolute atomic E-state index is 6.37. The molecule has 4 aliphatic rings. The van der Waals surface area contributed by atoms with E-state index in [0.29, 0.717) is 0 Å². The maximum Gasteiger partial charge on any atom is 0.103 e. The van der Waals surface area contributed by atoms with Crippen molar-refractivity contribution in [2.24, 2.45) is 0 Å². The minimum atomic E-state index is 0.0650. The molecule has 4 atom stereocenters. The minimum Gasteiger partial charge on any atom is -0.357 e. The highest BCUT2D eigenvalue weighted by Crippen LogP contribution is 2.60. The lowest BCUT2D eigenvalue weighted by Crippen LogP contribution is -2.05. The zero-order valence-corrected chi connectivity index (χ0v) is 19.5. The van der Waals surface area contributed by atoms with Gasteiger partial charge in [0.25, 0.3) is 0 Å². The molecule has 10 rings (SSSR count). The Labute approximate surface area is 202 Å². The van der Waals surface area contributed by atoms with Crippen LogP contribution in [0.15, 0.2) is 72.8 Å². The average molecular weight is 473 g/mol. The van der Waals surface area contributed by atoms with Gasteiger partial charge in [0.05, 0.1) is 9.40 Å². The second kappa shape index (κ2) is 5.61. The van der Waals surface area contributed by atoms with Crippen molar-refractivity contribution < 1.29 is 9.47 Å². The molecule has 6 aromatic rings. The summed E-state index contributed by atoms with van der Waals surface area (Å²) in [5.41, 5.74) is 5.50. The van der Waals surface area contributed by atoms with Crippen LogP contribution in [0, 0.1) is 0 Å². The van der Waals surface area contributed by atoms with E-state index in [0.717, 1.165) is 0 Å². The van der Waals surface area contributed by atoms with Gasteiger partial charge in [-0.2, -0.15) is 0 Å². The smallest absolute Gasteiger partial charge is 0.103 e. The van der Waals surface area contributed by atoms with Crippen molar-refractivity contribution in [1.29, 1.82) is 0 Å². The maximum atomic E-state index is 6.37. The summed E-state index contributed by atoms with van der Waals surface area (Å²) in [6, 6.07) is 18.3. The first-order chi connectivity index (χ1) is 16.8. The first-order valence-electron chi connectivity index (χ1n) is 11.8. The van der Waals surface area contributed by atoms with Gasteiger partial charge in [0, 0.05) is 20.2 Å². The zero-order chi connectivity index (χ0) is 21.7. The quantitative estimate of drug-likeness (QED) is 0.205. The molecule has 2 aromatic heterocycles. The Bertz CT molecular complexity index is 2000. The number of thiophene rings is 2. The third-order valence-electron chi connectivity index (χ3n) is 8.18. The van der Waals surface area contributed by atoms with Crippen molar-refractivity contribution in [3.05, 3.63) is 95.1 Å². The van der Waals surface area contributed by atoms with Gasteiger partial charge >= 0.3 is 0 Å². The van der Waals surface area contributed by atoms with Gasteiger partial charge in [-0.05, 0) is 68.1 Å². The molecule has 6 heterocycles. The van der Waals surface area contributed by atoms with Crippen molar-refractivity contribution in [3.8, 4) is 0 Å². The summed E-state index contributed by atoms with van der Waals surface area (Å²) in [4.78, 5) is 0. The van der Waals surface area contributed by atoms with Crippen LogP contribution in [0.25, 0.3) is 51.1 Å². The fourth-order valence-corrected chi connectivity index (χ4v) is 9.49. The van der Waals surface area contributed by atoms with Crippen LogP contribution in [0.3, 0.4) is 0 Å².